The van der Waals surface area contributed by atoms with E-state index in [0.29, 0.717) is 6.08 Å². The van der Waals surface area contributed by atoms with Crippen molar-refractivity contribution in [1.82, 2.24) is 0 Å². The largest absolute Gasteiger partial charge is 0.478 e. The van der Waals surface area contributed by atoms with Gasteiger partial charge in [-0.25, -0.2) is 9.59 Å². The number of hydrogen-bond donors (Lipinski definition) is 2. The lowest BCUT2D eigenvalue weighted by Crippen LogP contribution is -2.52. The molecule has 13 heavy (non-hydrogen) atoms. The molecule has 0 bridgehead atoms. The Balaban J connectivity index is 4.82. The van der Waals surface area contributed by atoms with Crippen LogP contribution in [0.25, 0.3) is 0 Å². The first-order valence-corrected chi connectivity index (χ1v) is 3.66. The first kappa shape index (κ1) is 11.8. The van der Waals surface area contributed by atoms with Gasteiger partial charge in [0.1, 0.15) is 5.94 Å². The van der Waals surface area contributed by atoms with Crippen molar-refractivity contribution in [1.29, 1.82) is 0 Å². The number of aliphatic carboxylic acids is 1. The summed E-state index contributed by atoms with van der Waals surface area (Å²) in [5, 5.41) is 8.67. The maximum atomic E-state index is 10.6. The van der Waals surface area contributed by atoms with Crippen molar-refractivity contribution in [2.75, 3.05) is 0 Å². The Morgan fingerprint density at radius 1 is 1.54 bits per heavy atom. The van der Waals surface area contributed by atoms with Gasteiger partial charge in [-0.3, -0.25) is 5.73 Å². The summed E-state index contributed by atoms with van der Waals surface area (Å²) >= 11 is 0. The van der Waals surface area contributed by atoms with E-state index in [4.69, 9.17) is 15.6 Å². The van der Waals surface area contributed by atoms with E-state index in [1.54, 1.807) is 20.8 Å². The van der Waals surface area contributed by atoms with Gasteiger partial charge in [-0.05, 0) is 20.8 Å². The van der Waals surface area contributed by atoms with Gasteiger partial charge in [0, 0.05) is 0 Å². The summed E-state index contributed by atoms with van der Waals surface area (Å²) < 4.78 is 4.99. The minimum atomic E-state index is -2.10. The average molecular weight is 187 g/mol. The number of carbonyl (C=O) groups is 1. The molecular formula is C8H13NO4. The van der Waals surface area contributed by atoms with Gasteiger partial charge in [0.25, 0.3) is 0 Å². The molecule has 0 amide bonds. The zero-order valence-corrected chi connectivity index (χ0v) is 7.83. The Bertz CT molecular complexity index is 245. The number of carbonyl (C=O) groups excluding carboxylic acids is 1. The lowest BCUT2D eigenvalue weighted by Gasteiger charge is -2.29. The second-order valence-electron chi connectivity index (χ2n) is 3.57. The highest BCUT2D eigenvalue weighted by molar-refractivity contribution is 5.81. The molecule has 1 unspecified atom stereocenters. The lowest BCUT2D eigenvalue weighted by atomic mass is 10.1. The summed E-state index contributed by atoms with van der Waals surface area (Å²) in [5.41, 5.74) is 2.45. The van der Waals surface area contributed by atoms with Crippen LogP contribution in [0.4, 0.5) is 0 Å². The van der Waals surface area contributed by atoms with Crippen molar-refractivity contribution in [2.45, 2.75) is 32.1 Å². The molecule has 0 rings (SSSR count). The summed E-state index contributed by atoms with van der Waals surface area (Å²) in [6.45, 7) is 4.91. The Morgan fingerprint density at radius 2 is 2.00 bits per heavy atom. The fourth-order valence-corrected chi connectivity index (χ4v) is 0.729. The number of carboxylic acid groups (broad SMARTS) is 1. The molecule has 1 atom stereocenters. The van der Waals surface area contributed by atoms with E-state index in [-0.39, 0.29) is 0 Å². The molecule has 0 aliphatic carbocycles. The number of hydrogen-bond acceptors (Lipinski definition) is 4. The predicted octanol–water partition coefficient (Wildman–Crippen LogP) is -0.0711. The van der Waals surface area contributed by atoms with Crippen LogP contribution in [-0.4, -0.2) is 28.3 Å². The first-order valence-electron chi connectivity index (χ1n) is 3.66. The van der Waals surface area contributed by atoms with Crippen LogP contribution in [0.3, 0.4) is 0 Å². The maximum absolute atomic E-state index is 10.6. The molecule has 3 N–H and O–H groups in total. The molecule has 0 radical (unpaired) electrons. The zero-order chi connectivity index (χ0) is 10.7. The van der Waals surface area contributed by atoms with Crippen LogP contribution in [0.5, 0.6) is 0 Å². The van der Waals surface area contributed by atoms with E-state index in [0.717, 1.165) is 0 Å². The second-order valence-corrected chi connectivity index (χ2v) is 3.57. The number of nitrogens with two attached hydrogens (primary N) is 1. The minimum Gasteiger partial charge on any atom is -0.478 e. The SMILES string of the molecule is CC(C)(C)OC(N)(C=C=O)C(=O)O. The van der Waals surface area contributed by atoms with E-state index >= 15 is 0 Å². The highest BCUT2D eigenvalue weighted by Gasteiger charge is 2.37. The van der Waals surface area contributed by atoms with Crippen LogP contribution >= 0.6 is 0 Å². The molecule has 0 aliphatic rings. The van der Waals surface area contributed by atoms with Gasteiger partial charge in [0.15, 0.2) is 0 Å². The summed E-state index contributed by atoms with van der Waals surface area (Å²) in [6, 6.07) is 0. The Hall–Kier alpha value is -1.16. The van der Waals surface area contributed by atoms with Crippen molar-refractivity contribution in [2.24, 2.45) is 5.73 Å². The monoisotopic (exact) mass is 187 g/mol. The minimum absolute atomic E-state index is 0.639. The van der Waals surface area contributed by atoms with Crippen LogP contribution in [0.15, 0.2) is 6.08 Å². The van der Waals surface area contributed by atoms with Gasteiger partial charge in [0.05, 0.1) is 11.7 Å². The number of rotatable bonds is 3. The third kappa shape index (κ3) is 3.85. The Kier molecular flexibility index (Phi) is 3.37. The fraction of sp³-hybridized carbons (Fsp3) is 0.625. The zero-order valence-electron chi connectivity index (χ0n) is 7.83. The summed E-state index contributed by atoms with van der Waals surface area (Å²) in [6.07, 6.45) is 0.639. The topological polar surface area (TPSA) is 89.6 Å². The smallest absolute Gasteiger partial charge is 0.356 e. The van der Waals surface area contributed by atoms with Crippen molar-refractivity contribution in [3.05, 3.63) is 6.08 Å². The summed E-state index contributed by atoms with van der Waals surface area (Å²) in [4.78, 5) is 20.6. The van der Waals surface area contributed by atoms with Gasteiger partial charge in [0.2, 0.25) is 5.72 Å². The molecule has 0 saturated heterocycles. The van der Waals surface area contributed by atoms with Crippen LogP contribution in [0.2, 0.25) is 0 Å². The molecule has 74 valence electrons. The quantitative estimate of drug-likeness (QED) is 0.476. The summed E-state index contributed by atoms with van der Waals surface area (Å²) in [7, 11) is 0. The molecule has 0 fully saturated rings. The highest BCUT2D eigenvalue weighted by Crippen LogP contribution is 2.16. The molecule has 0 saturated carbocycles. The van der Waals surface area contributed by atoms with Crippen LogP contribution < -0.4 is 5.73 Å². The summed E-state index contributed by atoms with van der Waals surface area (Å²) in [5.74, 6) is -0.119. The van der Waals surface area contributed by atoms with E-state index < -0.39 is 17.3 Å². The first-order chi connectivity index (χ1) is 5.71. The lowest BCUT2D eigenvalue weighted by molar-refractivity contribution is -0.173. The second kappa shape index (κ2) is 3.70. The third-order valence-electron chi connectivity index (χ3n) is 1.08. The van der Waals surface area contributed by atoms with E-state index in [1.165, 1.54) is 5.94 Å². The maximum Gasteiger partial charge on any atom is 0.356 e. The molecule has 0 aromatic rings. The van der Waals surface area contributed by atoms with Gasteiger partial charge in [-0.1, -0.05) is 0 Å². The van der Waals surface area contributed by atoms with E-state index in [9.17, 15) is 9.59 Å². The van der Waals surface area contributed by atoms with Crippen LogP contribution in [-0.2, 0) is 14.3 Å². The number of carboxylic acids is 1. The standard InChI is InChI=1S/C8H13NO4/c1-7(2,3)13-8(9,4-5-10)6(11)12/h4H,9H2,1-3H3,(H,11,12). The van der Waals surface area contributed by atoms with Gasteiger partial charge >= 0.3 is 5.97 Å². The Morgan fingerprint density at radius 3 is 2.23 bits per heavy atom. The molecule has 0 aromatic heterocycles. The van der Waals surface area contributed by atoms with E-state index in [2.05, 4.69) is 0 Å². The molecule has 0 aromatic carbocycles. The van der Waals surface area contributed by atoms with E-state index in [1.807, 2.05) is 0 Å². The van der Waals surface area contributed by atoms with Crippen molar-refractivity contribution < 1.29 is 19.4 Å². The van der Waals surface area contributed by atoms with Gasteiger partial charge < -0.3 is 9.84 Å². The molecule has 5 heteroatoms. The van der Waals surface area contributed by atoms with Crippen molar-refractivity contribution >= 4 is 11.9 Å². The van der Waals surface area contributed by atoms with Gasteiger partial charge in [-0.2, -0.15) is 0 Å². The molecule has 0 spiro atoms. The Labute approximate surface area is 76.2 Å². The van der Waals surface area contributed by atoms with Crippen molar-refractivity contribution in [3.63, 3.8) is 0 Å². The fourth-order valence-electron chi connectivity index (χ4n) is 0.729. The molecule has 0 aliphatic heterocycles. The molecule has 0 heterocycles. The third-order valence-corrected chi connectivity index (χ3v) is 1.08. The van der Waals surface area contributed by atoms with Gasteiger partial charge in [-0.15, -0.1) is 0 Å². The highest BCUT2D eigenvalue weighted by atomic mass is 16.6. The van der Waals surface area contributed by atoms with Crippen molar-refractivity contribution in [3.8, 4) is 0 Å². The average Bonchev–Trinajstić information content (AvgIpc) is 1.82. The molecular weight excluding hydrogens is 174 g/mol. The molecule has 5 nitrogen and oxygen atoms in total. The number of ether oxygens (including phenoxy) is 1. The normalized spacial score (nSPS) is 15.7. The van der Waals surface area contributed by atoms with Crippen LogP contribution in [0.1, 0.15) is 20.8 Å². The van der Waals surface area contributed by atoms with Crippen LogP contribution in [0, 0.1) is 0 Å². The predicted molar refractivity (Wildman–Crippen MR) is 45.7 cm³/mol.